The number of carboxylic acid groups (broad SMARTS) is 1. The summed E-state index contributed by atoms with van der Waals surface area (Å²) >= 11 is 0. The third-order valence-electron chi connectivity index (χ3n) is 9.27. The van der Waals surface area contributed by atoms with E-state index in [1.165, 1.54) is 6.07 Å². The van der Waals surface area contributed by atoms with Crippen LogP contribution in [-0.2, 0) is 50.1 Å². The van der Waals surface area contributed by atoms with E-state index in [2.05, 4.69) is 35.8 Å². The highest BCUT2D eigenvalue weighted by Crippen LogP contribution is 2.47. The maximum Gasteiger partial charge on any atom is 0.355 e. The summed E-state index contributed by atoms with van der Waals surface area (Å²) in [5.74, 6) is -4.81. The zero-order valence-corrected chi connectivity index (χ0v) is 38.9. The summed E-state index contributed by atoms with van der Waals surface area (Å²) in [7, 11) is -20.7. The lowest BCUT2D eigenvalue weighted by molar-refractivity contribution is -0.130. The second-order valence-electron chi connectivity index (χ2n) is 13.9. The molecule has 1 atom stereocenters. The number of phenolic OH excluding ortho intramolecular Hbond substituents is 1. The van der Waals surface area contributed by atoms with E-state index in [4.69, 9.17) is 14.2 Å². The Morgan fingerprint density at radius 1 is 0.648 bits per heavy atom. The second kappa shape index (κ2) is 20.9. The summed E-state index contributed by atoms with van der Waals surface area (Å²) in [6.45, 7) is -0.256. The van der Waals surface area contributed by atoms with Crippen LogP contribution in [0.25, 0.3) is 10.8 Å². The average Bonchev–Trinajstić information content (AvgIpc) is 3.63. The van der Waals surface area contributed by atoms with Crippen LogP contribution in [0.1, 0.15) is 6.92 Å². The smallest absolute Gasteiger partial charge is 0.355 e. The molecule has 0 saturated carbocycles. The van der Waals surface area contributed by atoms with Crippen LogP contribution in [0.15, 0.2) is 128 Å². The van der Waals surface area contributed by atoms with Crippen LogP contribution in [0.3, 0.4) is 0 Å². The molecule has 33 heteroatoms. The van der Waals surface area contributed by atoms with E-state index < -0.39 is 144 Å². The molecular formula is C38H34N8O21S4. The molecule has 5 aromatic carbocycles. The van der Waals surface area contributed by atoms with Crippen LogP contribution < -0.4 is 19.2 Å². The van der Waals surface area contributed by atoms with Crippen molar-refractivity contribution in [3.63, 3.8) is 0 Å². The number of phenols is 1. The van der Waals surface area contributed by atoms with Gasteiger partial charge >= 0.3 is 5.97 Å². The van der Waals surface area contributed by atoms with E-state index in [9.17, 15) is 81.9 Å². The van der Waals surface area contributed by atoms with Crippen molar-refractivity contribution >= 4 is 103 Å². The Balaban J connectivity index is 1.45. The Bertz CT molecular complexity index is 3550. The van der Waals surface area contributed by atoms with Gasteiger partial charge in [0.25, 0.3) is 46.4 Å². The zero-order chi connectivity index (χ0) is 52.2. The number of azo groups is 3. The first-order valence-corrected chi connectivity index (χ1v) is 25.2. The number of rotatable bonds is 20. The number of ether oxygens (including phenoxy) is 3. The largest absolute Gasteiger partial charge is 0.505 e. The van der Waals surface area contributed by atoms with Crippen molar-refractivity contribution in [1.29, 1.82) is 0 Å². The van der Waals surface area contributed by atoms with Gasteiger partial charge in [-0.1, -0.05) is 0 Å². The van der Waals surface area contributed by atoms with Gasteiger partial charge in [0, 0.05) is 29.0 Å². The number of amides is 1. The average molecular weight is 1070 g/mol. The van der Waals surface area contributed by atoms with Gasteiger partial charge < -0.3 is 34.6 Å². The van der Waals surface area contributed by atoms with Crippen LogP contribution >= 0.6 is 0 Å². The summed E-state index contributed by atoms with van der Waals surface area (Å²) in [5.41, 5.74) is -4.20. The first-order chi connectivity index (χ1) is 33.3. The standard InChI is InChI=1S/C38H34N8O21S4/c1-2-65-20-5-9-24(30(15-20)69(56,57)58)39-41-26-17-29(67-14-12-48)27(18-28(26)66-13-11-47)42-43-32-31(70(59,60)61)16-23-22(35(32)49)8-10-25(36(23)71(62,63)64)40-44-33-34(38(51)52)45-46(37(33)50)19-3-6-21(7-4-19)68(53,54)55/h3-10,15-18,33,47-49H,2,11-14H2,1H3,(H,51,52)(H,53,54,55)(H,56,57,58)(H,59,60,61)(H,62,63,64)/b41-39+,43-42+,44-40+. The number of hydrogen-bond acceptors (Lipinski definition) is 23. The molecule has 0 saturated heterocycles. The highest BCUT2D eigenvalue weighted by Gasteiger charge is 2.41. The molecule has 0 radical (unpaired) electrons. The van der Waals surface area contributed by atoms with Gasteiger partial charge in [-0.05, 0) is 61.5 Å². The Labute approximate surface area is 399 Å². The van der Waals surface area contributed by atoms with Crippen molar-refractivity contribution in [3.05, 3.63) is 72.8 Å². The fourth-order valence-corrected chi connectivity index (χ4v) is 8.87. The summed E-state index contributed by atoms with van der Waals surface area (Å²) < 4.78 is 155. The number of hydrazone groups is 1. The predicted molar refractivity (Wildman–Crippen MR) is 240 cm³/mol. The molecule has 0 fully saturated rings. The molecular weight excluding hydrogens is 1030 g/mol. The van der Waals surface area contributed by atoms with Gasteiger partial charge in [-0.25, -0.2) is 4.79 Å². The first kappa shape index (κ1) is 52.9. The minimum atomic E-state index is -5.57. The Morgan fingerprint density at radius 3 is 1.73 bits per heavy atom. The fourth-order valence-electron chi connectivity index (χ4n) is 6.29. The van der Waals surface area contributed by atoms with Crippen LogP contribution in [-0.4, -0.2) is 129 Å². The van der Waals surface area contributed by atoms with Gasteiger partial charge in [-0.2, -0.15) is 54.0 Å². The molecule has 1 heterocycles. The first-order valence-electron chi connectivity index (χ1n) is 19.4. The van der Waals surface area contributed by atoms with E-state index >= 15 is 0 Å². The Morgan fingerprint density at radius 2 is 1.21 bits per heavy atom. The monoisotopic (exact) mass is 1070 g/mol. The predicted octanol–water partition coefficient (Wildman–Crippen LogP) is 4.44. The second-order valence-corrected chi connectivity index (χ2v) is 19.5. The van der Waals surface area contributed by atoms with Crippen LogP contribution in [0.2, 0.25) is 0 Å². The molecule has 71 heavy (non-hydrogen) atoms. The van der Waals surface area contributed by atoms with Crippen molar-refractivity contribution in [1.82, 2.24) is 0 Å². The van der Waals surface area contributed by atoms with Crippen molar-refractivity contribution in [2.75, 3.05) is 38.0 Å². The van der Waals surface area contributed by atoms with Gasteiger partial charge in [0.1, 0.15) is 73.6 Å². The summed E-state index contributed by atoms with van der Waals surface area (Å²) in [6.07, 6.45) is 0. The number of carbonyl (C=O) groups is 2. The molecule has 5 aromatic rings. The number of hydrogen-bond donors (Lipinski definition) is 8. The summed E-state index contributed by atoms with van der Waals surface area (Å²) in [6, 6.07) is 9.21. The van der Waals surface area contributed by atoms with Gasteiger partial charge in [0.05, 0.1) is 30.4 Å². The van der Waals surface area contributed by atoms with Crippen molar-refractivity contribution in [3.8, 4) is 23.0 Å². The molecule has 0 aromatic heterocycles. The third-order valence-corrected chi connectivity index (χ3v) is 12.8. The van der Waals surface area contributed by atoms with Gasteiger partial charge in [-0.3, -0.25) is 23.0 Å². The number of carboxylic acids is 1. The molecule has 1 aliphatic heterocycles. The van der Waals surface area contributed by atoms with Gasteiger partial charge in [-0.15, -0.1) is 20.5 Å². The number of fused-ring (bicyclic) bond motifs is 1. The normalized spacial score (nSPS) is 14.8. The van der Waals surface area contributed by atoms with Gasteiger partial charge in [0.2, 0.25) is 6.04 Å². The molecule has 0 aliphatic carbocycles. The molecule has 376 valence electrons. The minimum absolute atomic E-state index is 0.0652. The molecule has 0 spiro atoms. The summed E-state index contributed by atoms with van der Waals surface area (Å²) in [5, 5.41) is 65.8. The van der Waals surface area contributed by atoms with Crippen LogP contribution in [0.4, 0.5) is 34.1 Å². The molecule has 29 nitrogen and oxygen atoms in total. The molecule has 1 amide bonds. The Kier molecular flexibility index (Phi) is 15.5. The number of aliphatic hydroxyl groups is 2. The highest BCUT2D eigenvalue weighted by atomic mass is 32.2. The molecule has 6 rings (SSSR count). The maximum atomic E-state index is 13.4. The van der Waals surface area contributed by atoms with Crippen LogP contribution in [0, 0.1) is 0 Å². The fraction of sp³-hybridized carbons (Fsp3) is 0.184. The lowest BCUT2D eigenvalue weighted by Crippen LogP contribution is -2.33. The number of benzene rings is 5. The van der Waals surface area contributed by atoms with E-state index in [1.807, 2.05) is 0 Å². The Hall–Kier alpha value is -7.47. The van der Waals surface area contributed by atoms with Gasteiger partial charge in [0.15, 0.2) is 11.5 Å². The molecule has 1 aliphatic rings. The highest BCUT2D eigenvalue weighted by molar-refractivity contribution is 7.87. The number of aromatic hydroxyl groups is 1. The topological polar surface area (TPSA) is 450 Å². The van der Waals surface area contributed by atoms with Crippen molar-refractivity contribution < 1.29 is 96.1 Å². The maximum absolute atomic E-state index is 13.4. The number of carbonyl (C=O) groups excluding carboxylic acids is 1. The van der Waals surface area contributed by atoms with E-state index in [0.29, 0.717) is 11.1 Å². The number of anilines is 1. The lowest BCUT2D eigenvalue weighted by atomic mass is 10.1. The minimum Gasteiger partial charge on any atom is -0.505 e. The number of aliphatic carboxylic acids is 1. The third kappa shape index (κ3) is 11.9. The van der Waals surface area contributed by atoms with Crippen LogP contribution in [0.5, 0.6) is 23.0 Å². The molecule has 8 N–H and O–H groups in total. The SMILES string of the molecule is CCOc1ccc(/N=N/c2cc(OCCO)c(/N=N/c3c(S(=O)(=O)O)cc4c(S(=O)(=O)O)c(/N=N/C5C(=O)N(c6ccc(S(=O)(=O)O)cc6)N=C5C(=O)O)ccc4c3O)cc2OCCO)c(S(=O)(=O)O)c1. The van der Waals surface area contributed by atoms with E-state index in [0.717, 1.165) is 60.7 Å². The van der Waals surface area contributed by atoms with Crippen molar-refractivity contribution in [2.24, 2.45) is 35.8 Å². The quantitative estimate of drug-likeness (QED) is 0.0394. The molecule has 1 unspecified atom stereocenters. The van der Waals surface area contributed by atoms with E-state index in [1.54, 1.807) is 6.92 Å². The van der Waals surface area contributed by atoms with Crippen molar-refractivity contribution in [2.45, 2.75) is 32.5 Å². The number of nitrogens with zero attached hydrogens (tertiary/aromatic N) is 8. The zero-order valence-electron chi connectivity index (χ0n) is 35.6. The number of aliphatic hydroxyl groups excluding tert-OH is 2. The summed E-state index contributed by atoms with van der Waals surface area (Å²) in [4.78, 5) is 21.5. The lowest BCUT2D eigenvalue weighted by Gasteiger charge is -2.14. The van der Waals surface area contributed by atoms with E-state index in [-0.39, 0.29) is 40.9 Å². The molecule has 0 bridgehead atoms.